The second kappa shape index (κ2) is 6.66. The number of aliphatic hydroxyl groups is 1. The standard InChI is InChI=1S/C21H29BN2O5S/c1-18(2,3)27-17(25)24-11-21(26,12-24)15-10-14-16(30-15)13(8-9-23-14)22-28-19(4,5)20(6,7)29-22/h8-10,26H,11-12H2,1-7H3. The second-order valence-corrected chi connectivity index (χ2v) is 11.2. The lowest BCUT2D eigenvalue weighted by molar-refractivity contribution is -0.101. The molecule has 0 bridgehead atoms. The van der Waals surface area contributed by atoms with E-state index in [1.165, 1.54) is 16.2 Å². The molecule has 9 heteroatoms. The van der Waals surface area contributed by atoms with Crippen molar-refractivity contribution in [3.8, 4) is 0 Å². The zero-order chi connectivity index (χ0) is 22.1. The molecular weight excluding hydrogens is 403 g/mol. The van der Waals surface area contributed by atoms with E-state index in [2.05, 4.69) is 4.98 Å². The molecule has 0 unspecified atom stereocenters. The predicted octanol–water partition coefficient (Wildman–Crippen LogP) is 3.03. The zero-order valence-electron chi connectivity index (χ0n) is 18.6. The summed E-state index contributed by atoms with van der Waals surface area (Å²) < 4.78 is 18.7. The number of nitrogens with zero attached hydrogens (tertiary/aromatic N) is 2. The normalized spacial score (nSPS) is 22.3. The van der Waals surface area contributed by atoms with Gasteiger partial charge in [-0.2, -0.15) is 0 Å². The number of likely N-dealkylation sites (tertiary alicyclic amines) is 1. The molecule has 2 aromatic heterocycles. The highest BCUT2D eigenvalue weighted by atomic mass is 32.1. The van der Waals surface area contributed by atoms with Crippen molar-refractivity contribution in [3.63, 3.8) is 0 Å². The molecular formula is C21H29BN2O5S. The van der Waals surface area contributed by atoms with Gasteiger partial charge in [0.2, 0.25) is 0 Å². The van der Waals surface area contributed by atoms with Gasteiger partial charge in [-0.3, -0.25) is 4.98 Å². The molecule has 2 fully saturated rings. The first-order chi connectivity index (χ1) is 13.7. The van der Waals surface area contributed by atoms with Crippen LogP contribution >= 0.6 is 11.3 Å². The van der Waals surface area contributed by atoms with Crippen molar-refractivity contribution in [2.45, 2.75) is 70.9 Å². The summed E-state index contributed by atoms with van der Waals surface area (Å²) in [6, 6.07) is 3.80. The Morgan fingerprint density at radius 2 is 1.83 bits per heavy atom. The van der Waals surface area contributed by atoms with E-state index in [1.807, 2.05) is 60.6 Å². The van der Waals surface area contributed by atoms with Crippen LogP contribution in [-0.2, 0) is 19.6 Å². The van der Waals surface area contributed by atoms with Crippen molar-refractivity contribution in [2.24, 2.45) is 0 Å². The van der Waals surface area contributed by atoms with Gasteiger partial charge in [-0.1, -0.05) is 0 Å². The number of aromatic nitrogens is 1. The summed E-state index contributed by atoms with van der Waals surface area (Å²) in [4.78, 5) is 19.0. The third-order valence-corrected chi connectivity index (χ3v) is 7.33. The number of rotatable bonds is 2. The van der Waals surface area contributed by atoms with Crippen LogP contribution in [0.3, 0.4) is 0 Å². The van der Waals surface area contributed by atoms with Gasteiger partial charge in [0.15, 0.2) is 0 Å². The van der Waals surface area contributed by atoms with Crippen LogP contribution in [-0.4, -0.2) is 58.1 Å². The molecule has 0 radical (unpaired) electrons. The molecule has 1 amide bonds. The fraction of sp³-hybridized carbons (Fsp3) is 0.619. The number of β-amino-alcohol motifs (C(OH)–C–C–N with tert-alkyl or cyclic N) is 1. The average Bonchev–Trinajstić information content (AvgIpc) is 3.08. The molecule has 2 aromatic rings. The Morgan fingerprint density at radius 1 is 1.23 bits per heavy atom. The highest BCUT2D eigenvalue weighted by Crippen LogP contribution is 2.40. The lowest BCUT2D eigenvalue weighted by Gasteiger charge is -2.45. The molecule has 4 heterocycles. The number of ether oxygens (including phenoxy) is 1. The number of fused-ring (bicyclic) bond motifs is 1. The largest absolute Gasteiger partial charge is 0.496 e. The maximum Gasteiger partial charge on any atom is 0.496 e. The summed E-state index contributed by atoms with van der Waals surface area (Å²) >= 11 is 1.47. The number of hydrogen-bond acceptors (Lipinski definition) is 7. The van der Waals surface area contributed by atoms with Gasteiger partial charge in [0.05, 0.1) is 34.5 Å². The van der Waals surface area contributed by atoms with Crippen LogP contribution in [0.5, 0.6) is 0 Å². The highest BCUT2D eigenvalue weighted by molar-refractivity contribution is 7.20. The number of pyridine rings is 1. The average molecular weight is 432 g/mol. The van der Waals surface area contributed by atoms with Crippen LogP contribution in [0.1, 0.15) is 53.3 Å². The SMILES string of the molecule is CC(C)(C)OC(=O)N1CC(O)(c2cc3nccc(B4OC(C)(C)C(C)(C)O4)c3s2)C1. The number of carbonyl (C=O) groups is 1. The molecule has 7 nitrogen and oxygen atoms in total. The van der Waals surface area contributed by atoms with E-state index in [4.69, 9.17) is 14.0 Å². The first kappa shape index (κ1) is 21.6. The van der Waals surface area contributed by atoms with Gasteiger partial charge in [-0.25, -0.2) is 4.79 Å². The Bertz CT molecular complexity index is 975. The molecule has 162 valence electrons. The van der Waals surface area contributed by atoms with Crippen molar-refractivity contribution >= 4 is 40.2 Å². The molecule has 2 aliphatic heterocycles. The first-order valence-corrected chi connectivity index (χ1v) is 11.0. The number of thiophene rings is 1. The molecule has 2 saturated heterocycles. The van der Waals surface area contributed by atoms with Crippen LogP contribution in [0.15, 0.2) is 18.3 Å². The fourth-order valence-electron chi connectivity index (χ4n) is 3.54. The van der Waals surface area contributed by atoms with Crippen molar-refractivity contribution < 1.29 is 23.9 Å². The molecule has 30 heavy (non-hydrogen) atoms. The van der Waals surface area contributed by atoms with Gasteiger partial charge in [0, 0.05) is 16.5 Å². The van der Waals surface area contributed by atoms with Gasteiger partial charge >= 0.3 is 13.2 Å². The van der Waals surface area contributed by atoms with Crippen LogP contribution in [0.2, 0.25) is 0 Å². The summed E-state index contributed by atoms with van der Waals surface area (Å²) in [5, 5.41) is 11.1. The minimum atomic E-state index is -1.10. The van der Waals surface area contributed by atoms with E-state index in [1.54, 1.807) is 6.20 Å². The summed E-state index contributed by atoms with van der Waals surface area (Å²) in [5.74, 6) is 0. The predicted molar refractivity (Wildman–Crippen MR) is 117 cm³/mol. The van der Waals surface area contributed by atoms with Crippen molar-refractivity contribution in [2.75, 3.05) is 13.1 Å². The number of amides is 1. The number of carbonyl (C=O) groups excluding carboxylic acids is 1. The van der Waals surface area contributed by atoms with E-state index in [0.29, 0.717) is 0 Å². The van der Waals surface area contributed by atoms with Gasteiger partial charge in [0.25, 0.3) is 0 Å². The maximum absolute atomic E-state index is 12.2. The Kier molecular flexibility index (Phi) is 4.78. The topological polar surface area (TPSA) is 81.1 Å². The quantitative estimate of drug-likeness (QED) is 0.735. The summed E-state index contributed by atoms with van der Waals surface area (Å²) in [6.45, 7) is 14.0. The molecule has 4 rings (SSSR count). The Hall–Kier alpha value is -1.68. The van der Waals surface area contributed by atoms with Crippen LogP contribution in [0, 0.1) is 0 Å². The van der Waals surface area contributed by atoms with Gasteiger partial charge in [-0.05, 0) is 60.6 Å². The van der Waals surface area contributed by atoms with E-state index in [0.717, 1.165) is 20.6 Å². The van der Waals surface area contributed by atoms with Crippen LogP contribution < -0.4 is 5.46 Å². The summed E-state index contributed by atoms with van der Waals surface area (Å²) in [5.41, 5.74) is -0.853. The first-order valence-electron chi connectivity index (χ1n) is 10.2. The van der Waals surface area contributed by atoms with Gasteiger partial charge < -0.3 is 24.1 Å². The fourth-order valence-corrected chi connectivity index (χ4v) is 4.75. The summed E-state index contributed by atoms with van der Waals surface area (Å²) in [7, 11) is -0.499. The van der Waals surface area contributed by atoms with E-state index in [9.17, 15) is 9.90 Å². The Labute approximate surface area is 181 Å². The molecule has 0 aromatic carbocycles. The third kappa shape index (κ3) is 3.62. The Balaban J connectivity index is 1.57. The second-order valence-electron chi connectivity index (χ2n) is 10.2. The smallest absolute Gasteiger partial charge is 0.444 e. The highest BCUT2D eigenvalue weighted by Gasteiger charge is 2.53. The monoisotopic (exact) mass is 432 g/mol. The molecule has 1 N–H and O–H groups in total. The third-order valence-electron chi connectivity index (χ3n) is 5.96. The van der Waals surface area contributed by atoms with E-state index in [-0.39, 0.29) is 13.1 Å². The van der Waals surface area contributed by atoms with Crippen LogP contribution in [0.4, 0.5) is 4.79 Å². The zero-order valence-corrected chi connectivity index (χ0v) is 19.4. The van der Waals surface area contributed by atoms with Crippen LogP contribution in [0.25, 0.3) is 10.2 Å². The van der Waals surface area contributed by atoms with Gasteiger partial charge in [0.1, 0.15) is 11.2 Å². The Morgan fingerprint density at radius 3 is 2.40 bits per heavy atom. The molecule has 0 spiro atoms. The van der Waals surface area contributed by atoms with Crippen molar-refractivity contribution in [3.05, 3.63) is 23.2 Å². The molecule has 0 atom stereocenters. The minimum absolute atomic E-state index is 0.195. The van der Waals surface area contributed by atoms with Gasteiger partial charge in [-0.15, -0.1) is 11.3 Å². The molecule has 0 aliphatic carbocycles. The molecule has 2 aliphatic rings. The lowest BCUT2D eigenvalue weighted by Crippen LogP contribution is -2.61. The van der Waals surface area contributed by atoms with Crippen molar-refractivity contribution in [1.29, 1.82) is 0 Å². The minimum Gasteiger partial charge on any atom is -0.444 e. The number of hydrogen-bond donors (Lipinski definition) is 1. The maximum atomic E-state index is 12.2. The lowest BCUT2D eigenvalue weighted by atomic mass is 9.79. The van der Waals surface area contributed by atoms with E-state index >= 15 is 0 Å². The van der Waals surface area contributed by atoms with E-state index < -0.39 is 35.6 Å². The molecule has 0 saturated carbocycles. The summed E-state index contributed by atoms with van der Waals surface area (Å²) in [6.07, 6.45) is 1.32. The van der Waals surface area contributed by atoms with Crippen molar-refractivity contribution in [1.82, 2.24) is 9.88 Å².